The van der Waals surface area contributed by atoms with Crippen molar-refractivity contribution in [1.29, 1.82) is 0 Å². The minimum absolute atomic E-state index is 0.107. The van der Waals surface area contributed by atoms with E-state index in [2.05, 4.69) is 40.3 Å². The van der Waals surface area contributed by atoms with Crippen LogP contribution < -0.4 is 15.4 Å². The number of anilines is 2. The third-order valence-electron chi connectivity index (χ3n) is 4.46. The molecular weight excluding hydrogens is 370 g/mol. The van der Waals surface area contributed by atoms with Crippen LogP contribution in [0.5, 0.6) is 5.75 Å². The number of benzene rings is 2. The van der Waals surface area contributed by atoms with E-state index in [-0.39, 0.29) is 6.04 Å². The molecule has 0 spiro atoms. The van der Waals surface area contributed by atoms with E-state index in [9.17, 15) is 0 Å². The second kappa shape index (κ2) is 8.73. The molecule has 0 bridgehead atoms. The molecule has 0 aliphatic heterocycles. The van der Waals surface area contributed by atoms with Crippen LogP contribution in [0.25, 0.3) is 0 Å². The normalized spacial score (nSPS) is 11.9. The Morgan fingerprint density at radius 2 is 1.89 bits per heavy atom. The Morgan fingerprint density at radius 3 is 2.61 bits per heavy atom. The highest BCUT2D eigenvalue weighted by atomic mass is 32.1. The van der Waals surface area contributed by atoms with Gasteiger partial charge >= 0.3 is 0 Å². The van der Waals surface area contributed by atoms with E-state index in [4.69, 9.17) is 14.1 Å². The fourth-order valence-electron chi connectivity index (χ4n) is 3.04. The van der Waals surface area contributed by atoms with Crippen molar-refractivity contribution in [2.24, 2.45) is 0 Å². The zero-order valence-corrected chi connectivity index (χ0v) is 16.4. The van der Waals surface area contributed by atoms with E-state index < -0.39 is 0 Å². The van der Waals surface area contributed by atoms with Crippen LogP contribution in [0.4, 0.5) is 10.8 Å². The molecule has 0 unspecified atom stereocenters. The maximum absolute atomic E-state index is 5.67. The van der Waals surface area contributed by atoms with Gasteiger partial charge in [0.1, 0.15) is 18.0 Å². The van der Waals surface area contributed by atoms with E-state index in [0.717, 1.165) is 34.6 Å². The maximum Gasteiger partial charge on any atom is 0.187 e. The molecule has 4 aromatic rings. The summed E-state index contributed by atoms with van der Waals surface area (Å²) in [5.41, 5.74) is 3.24. The highest BCUT2D eigenvalue weighted by Crippen LogP contribution is 2.23. The molecule has 2 aromatic heterocycles. The Bertz CT molecular complexity index is 982. The fraction of sp³-hybridized carbons (Fsp3) is 0.136. The summed E-state index contributed by atoms with van der Waals surface area (Å²) in [4.78, 5) is 4.71. The van der Waals surface area contributed by atoms with Gasteiger partial charge in [-0.1, -0.05) is 30.3 Å². The van der Waals surface area contributed by atoms with E-state index in [1.807, 2.05) is 42.5 Å². The van der Waals surface area contributed by atoms with Gasteiger partial charge in [0.25, 0.3) is 0 Å². The number of hydrogen-bond donors (Lipinski definition) is 2. The number of thiazole rings is 1. The average molecular weight is 393 g/mol. The molecule has 0 saturated carbocycles. The van der Waals surface area contributed by atoms with Gasteiger partial charge in [0.05, 0.1) is 13.4 Å². The van der Waals surface area contributed by atoms with Crippen LogP contribution in [-0.4, -0.2) is 12.1 Å². The average Bonchev–Trinajstić information content (AvgIpc) is 3.42. The number of rotatable bonds is 8. The largest absolute Gasteiger partial charge is 0.497 e. The highest BCUT2D eigenvalue weighted by molar-refractivity contribution is 7.13. The quantitative estimate of drug-likeness (QED) is 0.468. The predicted molar refractivity (Wildman–Crippen MR) is 111 cm³/mol. The van der Waals surface area contributed by atoms with E-state index >= 15 is 0 Å². The molecular formula is C22H22N3O2S+. The van der Waals surface area contributed by atoms with Crippen molar-refractivity contribution >= 4 is 22.2 Å². The Kier molecular flexibility index (Phi) is 5.70. The zero-order chi connectivity index (χ0) is 19.2. The molecule has 6 heteroatoms. The first-order chi connectivity index (χ1) is 13.8. The lowest BCUT2D eigenvalue weighted by atomic mass is 10.0. The first kappa shape index (κ1) is 18.3. The lowest BCUT2D eigenvalue weighted by molar-refractivity contribution is -0.704. The van der Waals surface area contributed by atoms with Gasteiger partial charge in [-0.3, -0.25) is 0 Å². The third-order valence-corrected chi connectivity index (χ3v) is 5.27. The Hall–Kier alpha value is -3.09. The van der Waals surface area contributed by atoms with Crippen LogP contribution in [0.1, 0.15) is 23.1 Å². The molecule has 0 saturated heterocycles. The van der Waals surface area contributed by atoms with Crippen molar-refractivity contribution in [2.45, 2.75) is 12.6 Å². The molecule has 2 aromatic carbocycles. The number of quaternary nitrogens is 1. The molecule has 2 heterocycles. The minimum Gasteiger partial charge on any atom is -0.497 e. The number of hydrogen-bond acceptors (Lipinski definition) is 5. The second-order valence-electron chi connectivity index (χ2n) is 6.34. The monoisotopic (exact) mass is 392 g/mol. The van der Waals surface area contributed by atoms with Gasteiger partial charge in [-0.25, -0.2) is 4.98 Å². The van der Waals surface area contributed by atoms with E-state index in [1.54, 1.807) is 24.7 Å². The second-order valence-corrected chi connectivity index (χ2v) is 7.20. The molecule has 0 aliphatic carbocycles. The van der Waals surface area contributed by atoms with Gasteiger partial charge in [0.15, 0.2) is 16.9 Å². The summed E-state index contributed by atoms with van der Waals surface area (Å²) in [6.45, 7) is 0.765. The first-order valence-corrected chi connectivity index (χ1v) is 9.97. The van der Waals surface area contributed by atoms with Gasteiger partial charge < -0.3 is 19.8 Å². The van der Waals surface area contributed by atoms with Crippen molar-refractivity contribution in [3.63, 3.8) is 0 Å². The number of nitrogens with zero attached hydrogens (tertiary/aromatic N) is 1. The molecule has 4 rings (SSSR count). The number of furan rings is 1. The van der Waals surface area contributed by atoms with E-state index in [1.165, 1.54) is 5.56 Å². The molecule has 1 atom stereocenters. The molecule has 0 fully saturated rings. The Balaban J connectivity index is 1.42. The Labute approximate surface area is 168 Å². The predicted octanol–water partition coefficient (Wildman–Crippen LogP) is 4.34. The summed E-state index contributed by atoms with van der Waals surface area (Å²) < 4.78 is 10.9. The number of methoxy groups -OCH3 is 1. The van der Waals surface area contributed by atoms with Gasteiger partial charge in [0, 0.05) is 16.6 Å². The molecule has 0 radical (unpaired) electrons. The summed E-state index contributed by atoms with van der Waals surface area (Å²) in [6, 6.07) is 22.3. The molecule has 28 heavy (non-hydrogen) atoms. The van der Waals surface area contributed by atoms with Crippen molar-refractivity contribution in [3.8, 4) is 5.75 Å². The lowest BCUT2D eigenvalue weighted by Crippen LogP contribution is -2.83. The summed E-state index contributed by atoms with van der Waals surface area (Å²) in [6.07, 6.45) is 1.72. The van der Waals surface area contributed by atoms with Crippen LogP contribution in [0.15, 0.2) is 82.8 Å². The molecule has 0 amide bonds. The van der Waals surface area contributed by atoms with Gasteiger partial charge in [0.2, 0.25) is 0 Å². The van der Waals surface area contributed by atoms with Gasteiger partial charge in [-0.2, -0.15) is 0 Å². The molecule has 3 N–H and O–H groups in total. The number of ether oxygens (including phenoxy) is 1. The Morgan fingerprint density at radius 1 is 1.07 bits per heavy atom. The summed E-state index contributed by atoms with van der Waals surface area (Å²) in [5.74, 6) is 1.78. The highest BCUT2D eigenvalue weighted by Gasteiger charge is 2.20. The topological polar surface area (TPSA) is 63.9 Å². The minimum atomic E-state index is 0.107. The summed E-state index contributed by atoms with van der Waals surface area (Å²) in [5, 5.41) is 8.56. The first-order valence-electron chi connectivity index (χ1n) is 9.09. The van der Waals surface area contributed by atoms with Crippen molar-refractivity contribution in [2.75, 3.05) is 12.4 Å². The van der Waals surface area contributed by atoms with Crippen LogP contribution in [0, 0.1) is 0 Å². The van der Waals surface area contributed by atoms with Crippen molar-refractivity contribution in [3.05, 3.63) is 95.4 Å². The van der Waals surface area contributed by atoms with Crippen LogP contribution in [0.3, 0.4) is 0 Å². The zero-order valence-electron chi connectivity index (χ0n) is 15.5. The van der Waals surface area contributed by atoms with Crippen LogP contribution >= 0.6 is 11.3 Å². The number of aromatic nitrogens is 1. The summed E-state index contributed by atoms with van der Waals surface area (Å²) in [7, 11) is 1.66. The lowest BCUT2D eigenvalue weighted by Gasteiger charge is -2.13. The van der Waals surface area contributed by atoms with Crippen LogP contribution in [-0.2, 0) is 6.54 Å². The molecule has 142 valence electrons. The SMILES string of the molecule is COc1ccc(Nc2nc(C[NH2+][C@H](c3ccccc3)c3ccco3)cs2)cc1. The smallest absolute Gasteiger partial charge is 0.187 e. The fourth-order valence-corrected chi connectivity index (χ4v) is 3.78. The van der Waals surface area contributed by atoms with Crippen molar-refractivity contribution in [1.82, 2.24) is 4.98 Å². The van der Waals surface area contributed by atoms with Gasteiger partial charge in [-0.15, -0.1) is 11.3 Å². The third kappa shape index (κ3) is 4.42. The number of nitrogens with one attached hydrogen (secondary N) is 1. The maximum atomic E-state index is 5.67. The number of nitrogens with two attached hydrogens (primary N) is 1. The standard InChI is InChI=1S/C22H21N3O2S/c1-26-19-11-9-17(10-12-19)24-22-25-18(15-28-22)14-23-21(20-8-5-13-27-20)16-6-3-2-4-7-16/h2-13,15,21,23H,14H2,1H3,(H,24,25)/p+1/t21-/m1/s1. The van der Waals surface area contributed by atoms with Gasteiger partial charge in [-0.05, 0) is 36.4 Å². The molecule has 0 aliphatic rings. The van der Waals surface area contributed by atoms with E-state index in [0.29, 0.717) is 0 Å². The van der Waals surface area contributed by atoms with Crippen molar-refractivity contribution < 1.29 is 14.5 Å². The molecule has 5 nitrogen and oxygen atoms in total. The summed E-state index contributed by atoms with van der Waals surface area (Å²) >= 11 is 1.60. The van der Waals surface area contributed by atoms with Crippen LogP contribution in [0.2, 0.25) is 0 Å².